The standard InChI is InChI=1S/C23H19ClN4O3S/c1-27(10-4-9-25)21(29)12-28-19-11-15(7-8-20(19)31-13-22(28)30)18-14-32-23(26-18)16-5-2-3-6-17(16)24/h2-3,5-8,11,14H,4,10,12-13H2,1H3. The third-order valence-corrected chi connectivity index (χ3v) is 6.29. The van der Waals surface area contributed by atoms with Crippen LogP contribution in [0.3, 0.4) is 0 Å². The number of fused-ring (bicyclic) bond motifs is 1. The number of rotatable bonds is 6. The number of halogens is 1. The molecule has 32 heavy (non-hydrogen) atoms. The molecular formula is C23H19ClN4O3S. The molecule has 0 spiro atoms. The van der Waals surface area contributed by atoms with Crippen LogP contribution >= 0.6 is 22.9 Å². The zero-order valence-corrected chi connectivity index (χ0v) is 18.8. The van der Waals surface area contributed by atoms with Crippen LogP contribution in [0, 0.1) is 11.3 Å². The van der Waals surface area contributed by atoms with Gasteiger partial charge in [-0.2, -0.15) is 5.26 Å². The second-order valence-electron chi connectivity index (χ2n) is 7.19. The summed E-state index contributed by atoms with van der Waals surface area (Å²) in [6, 6.07) is 15.0. The maximum atomic E-state index is 12.6. The van der Waals surface area contributed by atoms with Crippen molar-refractivity contribution in [2.45, 2.75) is 6.42 Å². The zero-order chi connectivity index (χ0) is 22.7. The molecule has 0 N–H and O–H groups in total. The number of ether oxygens (including phenoxy) is 1. The van der Waals surface area contributed by atoms with Gasteiger partial charge >= 0.3 is 0 Å². The summed E-state index contributed by atoms with van der Waals surface area (Å²) in [5.41, 5.74) is 2.91. The average Bonchev–Trinajstić information content (AvgIpc) is 3.29. The first-order chi connectivity index (χ1) is 15.5. The SMILES string of the molecule is CN(CCC#N)C(=O)CN1C(=O)COc2ccc(-c3csc(-c4ccccc4Cl)n3)cc21. The quantitative estimate of drug-likeness (QED) is 0.542. The van der Waals surface area contributed by atoms with E-state index in [1.807, 2.05) is 41.8 Å². The van der Waals surface area contributed by atoms with Gasteiger partial charge in [-0.15, -0.1) is 11.3 Å². The molecule has 2 heterocycles. The number of carbonyl (C=O) groups is 2. The summed E-state index contributed by atoms with van der Waals surface area (Å²) in [6.45, 7) is 0.0574. The van der Waals surface area contributed by atoms with Crippen molar-refractivity contribution in [1.82, 2.24) is 9.88 Å². The van der Waals surface area contributed by atoms with E-state index >= 15 is 0 Å². The molecule has 2 amide bonds. The molecule has 0 bridgehead atoms. The predicted molar refractivity (Wildman–Crippen MR) is 124 cm³/mol. The van der Waals surface area contributed by atoms with E-state index in [9.17, 15) is 9.59 Å². The lowest BCUT2D eigenvalue weighted by Gasteiger charge is -2.30. The van der Waals surface area contributed by atoms with Gasteiger partial charge < -0.3 is 9.64 Å². The van der Waals surface area contributed by atoms with Gasteiger partial charge in [-0.1, -0.05) is 29.8 Å². The number of anilines is 1. The molecule has 1 aliphatic rings. The molecule has 1 aliphatic heterocycles. The van der Waals surface area contributed by atoms with Crippen molar-refractivity contribution in [3.8, 4) is 33.6 Å². The highest BCUT2D eigenvalue weighted by Crippen LogP contribution is 2.38. The summed E-state index contributed by atoms with van der Waals surface area (Å²) in [5.74, 6) is -0.0179. The van der Waals surface area contributed by atoms with E-state index < -0.39 is 0 Å². The first-order valence-corrected chi connectivity index (χ1v) is 11.1. The van der Waals surface area contributed by atoms with Gasteiger partial charge in [-0.25, -0.2) is 4.98 Å². The Morgan fingerprint density at radius 1 is 1.34 bits per heavy atom. The number of carbonyl (C=O) groups excluding carboxylic acids is 2. The monoisotopic (exact) mass is 466 g/mol. The number of nitriles is 1. The summed E-state index contributed by atoms with van der Waals surface area (Å²) in [4.78, 5) is 32.7. The predicted octanol–water partition coefficient (Wildman–Crippen LogP) is 4.23. The number of benzene rings is 2. The van der Waals surface area contributed by atoms with Crippen LogP contribution in [0.15, 0.2) is 47.8 Å². The van der Waals surface area contributed by atoms with Gasteiger partial charge in [0.05, 0.1) is 28.9 Å². The molecule has 3 aromatic rings. The summed E-state index contributed by atoms with van der Waals surface area (Å²) in [7, 11) is 1.62. The van der Waals surface area contributed by atoms with Crippen molar-refractivity contribution in [2.24, 2.45) is 0 Å². The van der Waals surface area contributed by atoms with Crippen molar-refractivity contribution in [2.75, 3.05) is 31.6 Å². The number of hydrogen-bond acceptors (Lipinski definition) is 6. The highest BCUT2D eigenvalue weighted by atomic mass is 35.5. The molecule has 0 radical (unpaired) electrons. The smallest absolute Gasteiger partial charge is 0.265 e. The molecule has 9 heteroatoms. The van der Waals surface area contributed by atoms with Gasteiger partial charge in [0.1, 0.15) is 17.3 Å². The lowest BCUT2D eigenvalue weighted by Crippen LogP contribution is -2.45. The lowest BCUT2D eigenvalue weighted by molar-refractivity contribution is -0.130. The molecular weight excluding hydrogens is 448 g/mol. The first kappa shape index (κ1) is 21.8. The fourth-order valence-corrected chi connectivity index (χ4v) is 4.45. The molecule has 0 unspecified atom stereocenters. The molecule has 1 aromatic heterocycles. The summed E-state index contributed by atoms with van der Waals surface area (Å²) < 4.78 is 5.56. The molecule has 0 fully saturated rings. The third-order valence-electron chi connectivity index (χ3n) is 5.08. The molecule has 162 valence electrons. The Kier molecular flexibility index (Phi) is 6.40. The van der Waals surface area contributed by atoms with Gasteiger partial charge in [0, 0.05) is 30.1 Å². The topological polar surface area (TPSA) is 86.5 Å². The molecule has 0 saturated carbocycles. The minimum absolute atomic E-state index is 0.123. The highest BCUT2D eigenvalue weighted by molar-refractivity contribution is 7.13. The van der Waals surface area contributed by atoms with Gasteiger partial charge in [-0.05, 0) is 24.3 Å². The number of amides is 2. The van der Waals surface area contributed by atoms with E-state index in [4.69, 9.17) is 26.6 Å². The van der Waals surface area contributed by atoms with Crippen molar-refractivity contribution in [1.29, 1.82) is 5.26 Å². The van der Waals surface area contributed by atoms with Crippen LogP contribution in [0.4, 0.5) is 5.69 Å². The fourth-order valence-electron chi connectivity index (χ4n) is 3.30. The lowest BCUT2D eigenvalue weighted by atomic mass is 10.1. The van der Waals surface area contributed by atoms with E-state index in [-0.39, 0.29) is 31.4 Å². The third kappa shape index (κ3) is 4.44. The van der Waals surface area contributed by atoms with Crippen LogP contribution in [0.5, 0.6) is 5.75 Å². The Bertz CT molecular complexity index is 1220. The van der Waals surface area contributed by atoms with E-state index in [1.165, 1.54) is 21.1 Å². The Labute approximate surface area is 194 Å². The van der Waals surface area contributed by atoms with E-state index in [1.54, 1.807) is 19.2 Å². The number of aromatic nitrogens is 1. The van der Waals surface area contributed by atoms with Crippen LogP contribution < -0.4 is 9.64 Å². The van der Waals surface area contributed by atoms with Crippen molar-refractivity contribution < 1.29 is 14.3 Å². The molecule has 7 nitrogen and oxygen atoms in total. The van der Waals surface area contributed by atoms with Gasteiger partial charge in [0.2, 0.25) is 5.91 Å². The Morgan fingerprint density at radius 2 is 2.16 bits per heavy atom. The van der Waals surface area contributed by atoms with Crippen LogP contribution in [0.2, 0.25) is 5.02 Å². The Morgan fingerprint density at radius 3 is 2.94 bits per heavy atom. The van der Waals surface area contributed by atoms with Gasteiger partial charge in [-0.3, -0.25) is 14.5 Å². The average molecular weight is 467 g/mol. The highest BCUT2D eigenvalue weighted by Gasteiger charge is 2.29. The van der Waals surface area contributed by atoms with Gasteiger partial charge in [0.15, 0.2) is 6.61 Å². The second kappa shape index (κ2) is 9.39. The minimum Gasteiger partial charge on any atom is -0.482 e. The van der Waals surface area contributed by atoms with Crippen LogP contribution in [-0.2, 0) is 9.59 Å². The van der Waals surface area contributed by atoms with Crippen LogP contribution in [0.1, 0.15) is 6.42 Å². The normalized spacial score (nSPS) is 12.7. The fraction of sp³-hybridized carbons (Fsp3) is 0.217. The molecule has 2 aromatic carbocycles. The Balaban J connectivity index is 1.62. The zero-order valence-electron chi connectivity index (χ0n) is 17.2. The first-order valence-electron chi connectivity index (χ1n) is 9.87. The van der Waals surface area contributed by atoms with Crippen molar-refractivity contribution in [3.05, 3.63) is 52.9 Å². The number of nitrogens with zero attached hydrogens (tertiary/aromatic N) is 4. The Hall–Kier alpha value is -3.41. The molecule has 4 rings (SSSR count). The van der Waals surface area contributed by atoms with Crippen LogP contribution in [-0.4, -0.2) is 48.4 Å². The largest absolute Gasteiger partial charge is 0.482 e. The van der Waals surface area contributed by atoms with Crippen molar-refractivity contribution >= 4 is 40.4 Å². The maximum Gasteiger partial charge on any atom is 0.265 e. The summed E-state index contributed by atoms with van der Waals surface area (Å²) >= 11 is 7.78. The van der Waals surface area contributed by atoms with E-state index in [2.05, 4.69) is 0 Å². The van der Waals surface area contributed by atoms with E-state index in [0.29, 0.717) is 23.0 Å². The van der Waals surface area contributed by atoms with Crippen molar-refractivity contribution in [3.63, 3.8) is 0 Å². The van der Waals surface area contributed by atoms with Crippen LogP contribution in [0.25, 0.3) is 21.8 Å². The van der Waals surface area contributed by atoms with E-state index in [0.717, 1.165) is 21.8 Å². The number of likely N-dealkylation sites (N-methyl/N-ethyl adjacent to an activating group) is 1. The number of thiazole rings is 1. The maximum absolute atomic E-state index is 12.6. The van der Waals surface area contributed by atoms with Gasteiger partial charge in [0.25, 0.3) is 5.91 Å². The second-order valence-corrected chi connectivity index (χ2v) is 8.46. The summed E-state index contributed by atoms with van der Waals surface area (Å²) in [6.07, 6.45) is 0.234. The number of hydrogen-bond donors (Lipinski definition) is 0. The molecule has 0 saturated heterocycles. The minimum atomic E-state index is -0.299. The molecule has 0 aliphatic carbocycles. The summed E-state index contributed by atoms with van der Waals surface area (Å²) in [5, 5.41) is 12.1. The molecule has 0 atom stereocenters.